The van der Waals surface area contributed by atoms with Crippen LogP contribution in [0.5, 0.6) is 5.75 Å². The number of nitrogens with one attached hydrogen (secondary N) is 1. The molecule has 0 heterocycles. The number of halogens is 1. The summed E-state index contributed by atoms with van der Waals surface area (Å²) in [6, 6.07) is 5.02. The van der Waals surface area contributed by atoms with Crippen LogP contribution in [0.15, 0.2) is 18.2 Å². The fourth-order valence-corrected chi connectivity index (χ4v) is 2.19. The van der Waals surface area contributed by atoms with Crippen molar-refractivity contribution in [3.05, 3.63) is 29.6 Å². The van der Waals surface area contributed by atoms with Crippen molar-refractivity contribution in [2.24, 2.45) is 0 Å². The Morgan fingerprint density at radius 2 is 1.95 bits per heavy atom. The summed E-state index contributed by atoms with van der Waals surface area (Å²) in [5, 5.41) is 3.32. The Labute approximate surface area is 116 Å². The highest BCUT2D eigenvalue weighted by Gasteiger charge is 2.17. The number of hydrogen-bond donors (Lipinski definition) is 1. The summed E-state index contributed by atoms with van der Waals surface area (Å²) in [5.41, 5.74) is 0.638. The molecule has 2 unspecified atom stereocenters. The molecule has 1 rings (SSSR count). The van der Waals surface area contributed by atoms with Crippen LogP contribution in [0.3, 0.4) is 0 Å². The third-order valence-electron chi connectivity index (χ3n) is 3.17. The third kappa shape index (κ3) is 4.83. The summed E-state index contributed by atoms with van der Waals surface area (Å²) < 4.78 is 19.9. The maximum Gasteiger partial charge on any atom is 0.131 e. The SMILES string of the molecule is CCCNC(C)c1c(F)cccc1OC(C)CCC. The molecule has 0 aromatic heterocycles. The molecular weight excluding hydrogens is 241 g/mol. The average Bonchev–Trinajstić information content (AvgIpc) is 2.36. The van der Waals surface area contributed by atoms with E-state index in [-0.39, 0.29) is 18.0 Å². The molecule has 0 aliphatic heterocycles. The van der Waals surface area contributed by atoms with Gasteiger partial charge in [-0.25, -0.2) is 4.39 Å². The van der Waals surface area contributed by atoms with E-state index in [9.17, 15) is 4.39 Å². The average molecular weight is 267 g/mol. The van der Waals surface area contributed by atoms with Crippen molar-refractivity contribution in [3.8, 4) is 5.75 Å². The van der Waals surface area contributed by atoms with Gasteiger partial charge in [0.15, 0.2) is 0 Å². The van der Waals surface area contributed by atoms with Crippen molar-refractivity contribution in [2.75, 3.05) is 6.54 Å². The standard InChI is InChI=1S/C16H26FNO/c1-5-8-12(3)19-15-10-7-9-14(17)16(15)13(4)18-11-6-2/h7,9-10,12-13,18H,5-6,8,11H2,1-4H3. The van der Waals surface area contributed by atoms with E-state index in [0.717, 1.165) is 25.8 Å². The summed E-state index contributed by atoms with van der Waals surface area (Å²) in [7, 11) is 0. The van der Waals surface area contributed by atoms with Crippen molar-refractivity contribution in [1.82, 2.24) is 5.32 Å². The Kier molecular flexibility index (Phi) is 6.85. The van der Waals surface area contributed by atoms with Gasteiger partial charge in [-0.1, -0.05) is 26.3 Å². The third-order valence-corrected chi connectivity index (χ3v) is 3.17. The quantitative estimate of drug-likeness (QED) is 0.751. The molecule has 1 aromatic carbocycles. The molecule has 1 N–H and O–H groups in total. The molecule has 3 heteroatoms. The largest absolute Gasteiger partial charge is 0.490 e. The predicted octanol–water partition coefficient (Wildman–Crippen LogP) is 4.45. The lowest BCUT2D eigenvalue weighted by atomic mass is 10.1. The maximum absolute atomic E-state index is 14.0. The van der Waals surface area contributed by atoms with Crippen LogP contribution in [-0.2, 0) is 0 Å². The molecule has 0 bridgehead atoms. The first kappa shape index (κ1) is 16.0. The van der Waals surface area contributed by atoms with E-state index in [1.807, 2.05) is 19.9 Å². The molecule has 2 nitrogen and oxygen atoms in total. The summed E-state index contributed by atoms with van der Waals surface area (Å²) in [6.45, 7) is 9.10. The van der Waals surface area contributed by atoms with Gasteiger partial charge < -0.3 is 10.1 Å². The number of rotatable bonds is 8. The summed E-state index contributed by atoms with van der Waals surface area (Å²) in [5.74, 6) is 0.467. The molecule has 1 aromatic rings. The monoisotopic (exact) mass is 267 g/mol. The fraction of sp³-hybridized carbons (Fsp3) is 0.625. The lowest BCUT2D eigenvalue weighted by Crippen LogP contribution is -2.22. The molecule has 0 fully saturated rings. The Hall–Kier alpha value is -1.09. The molecule has 0 aliphatic carbocycles. The Morgan fingerprint density at radius 3 is 2.58 bits per heavy atom. The van der Waals surface area contributed by atoms with Crippen LogP contribution in [0.25, 0.3) is 0 Å². The van der Waals surface area contributed by atoms with Gasteiger partial charge in [-0.15, -0.1) is 0 Å². The van der Waals surface area contributed by atoms with Crippen molar-refractivity contribution < 1.29 is 9.13 Å². The van der Waals surface area contributed by atoms with E-state index in [4.69, 9.17) is 4.74 Å². The molecule has 2 atom stereocenters. The van der Waals surface area contributed by atoms with Gasteiger partial charge in [-0.2, -0.15) is 0 Å². The first-order chi connectivity index (χ1) is 9.10. The zero-order valence-corrected chi connectivity index (χ0v) is 12.5. The van der Waals surface area contributed by atoms with Gasteiger partial charge in [-0.05, 0) is 45.4 Å². The van der Waals surface area contributed by atoms with Gasteiger partial charge in [0.2, 0.25) is 0 Å². The van der Waals surface area contributed by atoms with Crippen LogP contribution in [0, 0.1) is 5.82 Å². The van der Waals surface area contributed by atoms with Crippen LogP contribution < -0.4 is 10.1 Å². The summed E-state index contributed by atoms with van der Waals surface area (Å²) in [6.07, 6.45) is 3.19. The van der Waals surface area contributed by atoms with E-state index in [0.29, 0.717) is 11.3 Å². The van der Waals surface area contributed by atoms with E-state index in [1.54, 1.807) is 6.07 Å². The number of hydrogen-bond acceptors (Lipinski definition) is 2. The van der Waals surface area contributed by atoms with Gasteiger partial charge in [0, 0.05) is 11.6 Å². The summed E-state index contributed by atoms with van der Waals surface area (Å²) in [4.78, 5) is 0. The minimum Gasteiger partial charge on any atom is -0.490 e. The summed E-state index contributed by atoms with van der Waals surface area (Å²) >= 11 is 0. The lowest BCUT2D eigenvalue weighted by molar-refractivity contribution is 0.205. The van der Waals surface area contributed by atoms with Gasteiger partial charge >= 0.3 is 0 Å². The first-order valence-corrected chi connectivity index (χ1v) is 7.28. The second-order valence-electron chi connectivity index (χ2n) is 5.04. The van der Waals surface area contributed by atoms with Crippen LogP contribution in [0.1, 0.15) is 58.6 Å². The molecule has 108 valence electrons. The van der Waals surface area contributed by atoms with E-state index >= 15 is 0 Å². The van der Waals surface area contributed by atoms with E-state index < -0.39 is 0 Å². The van der Waals surface area contributed by atoms with Crippen molar-refractivity contribution in [2.45, 2.75) is 59.1 Å². The molecule has 0 aliphatic rings. The Bertz CT molecular complexity index is 381. The van der Waals surface area contributed by atoms with Gasteiger partial charge in [0.25, 0.3) is 0 Å². The minimum absolute atomic E-state index is 0.0371. The molecular formula is C16H26FNO. The molecule has 0 radical (unpaired) electrons. The first-order valence-electron chi connectivity index (χ1n) is 7.28. The fourth-order valence-electron chi connectivity index (χ4n) is 2.19. The minimum atomic E-state index is -0.197. The topological polar surface area (TPSA) is 21.3 Å². The second kappa shape index (κ2) is 8.16. The molecule has 0 spiro atoms. The van der Waals surface area contributed by atoms with E-state index in [1.165, 1.54) is 6.07 Å². The second-order valence-corrected chi connectivity index (χ2v) is 5.04. The highest BCUT2D eigenvalue weighted by atomic mass is 19.1. The molecule has 0 amide bonds. The van der Waals surface area contributed by atoms with Crippen LogP contribution >= 0.6 is 0 Å². The number of benzene rings is 1. The van der Waals surface area contributed by atoms with Gasteiger partial charge in [-0.3, -0.25) is 0 Å². The highest BCUT2D eigenvalue weighted by molar-refractivity contribution is 5.37. The normalized spacial score (nSPS) is 14.2. The van der Waals surface area contributed by atoms with E-state index in [2.05, 4.69) is 19.2 Å². The molecule has 19 heavy (non-hydrogen) atoms. The van der Waals surface area contributed by atoms with Gasteiger partial charge in [0.1, 0.15) is 11.6 Å². The Balaban J connectivity index is 2.88. The predicted molar refractivity (Wildman–Crippen MR) is 78.1 cm³/mol. The highest BCUT2D eigenvalue weighted by Crippen LogP contribution is 2.29. The lowest BCUT2D eigenvalue weighted by Gasteiger charge is -2.21. The van der Waals surface area contributed by atoms with Crippen molar-refractivity contribution >= 4 is 0 Å². The zero-order valence-electron chi connectivity index (χ0n) is 12.5. The zero-order chi connectivity index (χ0) is 14.3. The van der Waals surface area contributed by atoms with Crippen molar-refractivity contribution in [1.29, 1.82) is 0 Å². The smallest absolute Gasteiger partial charge is 0.131 e. The maximum atomic E-state index is 14.0. The molecule has 0 saturated heterocycles. The van der Waals surface area contributed by atoms with Crippen LogP contribution in [0.2, 0.25) is 0 Å². The van der Waals surface area contributed by atoms with Gasteiger partial charge in [0.05, 0.1) is 6.10 Å². The van der Waals surface area contributed by atoms with Crippen LogP contribution in [0.4, 0.5) is 4.39 Å². The van der Waals surface area contributed by atoms with Crippen LogP contribution in [-0.4, -0.2) is 12.6 Å². The Morgan fingerprint density at radius 1 is 1.21 bits per heavy atom. The van der Waals surface area contributed by atoms with Crippen molar-refractivity contribution in [3.63, 3.8) is 0 Å². The molecule has 0 saturated carbocycles. The number of ether oxygens (including phenoxy) is 1.